The average Bonchev–Trinajstić information content (AvgIpc) is 3.59. The first-order valence-corrected chi connectivity index (χ1v) is 15.6. The number of carbonyl (C=O) groups excluding carboxylic acids is 3. The van der Waals surface area contributed by atoms with Crippen LogP contribution in [-0.4, -0.2) is 79.6 Å². The lowest BCUT2D eigenvalue weighted by Crippen LogP contribution is -2.76. The van der Waals surface area contributed by atoms with Gasteiger partial charge in [-0.05, 0) is 34.9 Å². The Hall–Kier alpha value is -5.00. The molecule has 4 amide bonds. The molecule has 0 aliphatic carbocycles. The number of urea groups is 1. The van der Waals surface area contributed by atoms with Crippen LogP contribution in [0.1, 0.15) is 16.7 Å². The topological polar surface area (TPSA) is 109 Å². The van der Waals surface area contributed by atoms with E-state index in [4.69, 9.17) is 0 Å². The number of phenols is 1. The van der Waals surface area contributed by atoms with Gasteiger partial charge in [-0.3, -0.25) is 9.59 Å². The Morgan fingerprint density at radius 1 is 1.02 bits per heavy atom. The smallest absolute Gasteiger partial charge is 0.334 e. The summed E-state index contributed by atoms with van der Waals surface area (Å²) in [6, 6.07) is 22.9. The summed E-state index contributed by atoms with van der Waals surface area (Å²) in [6.07, 6.45) is 2.90. The van der Waals surface area contributed by atoms with Crippen LogP contribution in [0.2, 0.25) is 0 Å². The molecule has 1 aromatic heterocycles. The highest BCUT2D eigenvalue weighted by Crippen LogP contribution is 2.30. The molecule has 2 saturated heterocycles. The number of benzene rings is 3. The second-order valence-corrected chi connectivity index (χ2v) is 11.9. The van der Waals surface area contributed by atoms with Crippen molar-refractivity contribution >= 4 is 29.2 Å². The van der Waals surface area contributed by atoms with Gasteiger partial charge in [0.05, 0.1) is 13.1 Å². The molecule has 3 aromatic carbocycles. The summed E-state index contributed by atoms with van der Waals surface area (Å²) in [5.74, 6) is -0.325. The van der Waals surface area contributed by atoms with E-state index in [1.807, 2.05) is 60.0 Å². The van der Waals surface area contributed by atoms with E-state index < -0.39 is 12.2 Å². The maximum absolute atomic E-state index is 14.2. The van der Waals surface area contributed by atoms with Gasteiger partial charge >= 0.3 is 6.03 Å². The third-order valence-electron chi connectivity index (χ3n) is 8.01. The number of nitrogens with one attached hydrogen (secondary N) is 1. The normalized spacial score (nSPS) is 18.5. The Morgan fingerprint density at radius 3 is 2.53 bits per heavy atom. The number of fused-ring (bicyclic) bond motifs is 1. The van der Waals surface area contributed by atoms with Crippen molar-refractivity contribution < 1.29 is 19.5 Å². The van der Waals surface area contributed by atoms with E-state index in [-0.39, 0.29) is 49.7 Å². The summed E-state index contributed by atoms with van der Waals surface area (Å²) >= 11 is 1.54. The van der Waals surface area contributed by atoms with Crippen molar-refractivity contribution in [1.82, 2.24) is 30.1 Å². The molecule has 10 nitrogen and oxygen atoms in total. The van der Waals surface area contributed by atoms with Gasteiger partial charge in [0.15, 0.2) is 0 Å². The molecule has 2 fully saturated rings. The molecule has 2 aliphatic heterocycles. The van der Waals surface area contributed by atoms with Crippen LogP contribution in [0.4, 0.5) is 4.79 Å². The van der Waals surface area contributed by atoms with Gasteiger partial charge in [-0.1, -0.05) is 66.7 Å². The van der Waals surface area contributed by atoms with Crippen molar-refractivity contribution in [1.29, 1.82) is 0 Å². The molecule has 2 aliphatic rings. The SMILES string of the molecule is C=CCN1CC(=O)N2[C@@H](Cc3ccc(O)cc3)C(=O)N(Cc3cccc(-c4nccs4)c3)C[C@@H]2N1C(=O)NCc1ccccc1. The van der Waals surface area contributed by atoms with Crippen molar-refractivity contribution in [2.45, 2.75) is 31.7 Å². The zero-order chi connectivity index (χ0) is 31.3. The molecule has 2 N–H and O–H groups in total. The molecule has 11 heteroatoms. The summed E-state index contributed by atoms with van der Waals surface area (Å²) in [4.78, 5) is 49.6. The van der Waals surface area contributed by atoms with Crippen molar-refractivity contribution in [3.63, 3.8) is 0 Å². The van der Waals surface area contributed by atoms with Crippen LogP contribution in [0, 0.1) is 0 Å². The Labute approximate surface area is 265 Å². The Morgan fingerprint density at radius 2 is 1.80 bits per heavy atom. The quantitative estimate of drug-likeness (QED) is 0.270. The fourth-order valence-corrected chi connectivity index (χ4v) is 6.58. The minimum Gasteiger partial charge on any atom is -0.508 e. The van der Waals surface area contributed by atoms with Gasteiger partial charge in [0, 0.05) is 43.2 Å². The Kier molecular flexibility index (Phi) is 8.90. The maximum atomic E-state index is 14.2. The lowest BCUT2D eigenvalue weighted by molar-refractivity contribution is -0.189. The monoisotopic (exact) mass is 622 g/mol. The van der Waals surface area contributed by atoms with Crippen LogP contribution < -0.4 is 5.32 Å². The van der Waals surface area contributed by atoms with Crippen LogP contribution >= 0.6 is 11.3 Å². The lowest BCUT2D eigenvalue weighted by atomic mass is 9.98. The van der Waals surface area contributed by atoms with Crippen LogP contribution in [0.5, 0.6) is 5.75 Å². The second kappa shape index (κ2) is 13.3. The van der Waals surface area contributed by atoms with Gasteiger partial charge in [-0.15, -0.1) is 17.9 Å². The highest BCUT2D eigenvalue weighted by molar-refractivity contribution is 7.13. The first kappa shape index (κ1) is 30.0. The predicted octanol–water partition coefficient (Wildman–Crippen LogP) is 4.25. The molecule has 6 rings (SSSR count). The molecule has 0 unspecified atom stereocenters. The van der Waals surface area contributed by atoms with Gasteiger partial charge in [-0.25, -0.2) is 19.8 Å². The number of amides is 4. The highest BCUT2D eigenvalue weighted by Gasteiger charge is 2.51. The van der Waals surface area contributed by atoms with Gasteiger partial charge in [0.1, 0.15) is 23.0 Å². The number of phenolic OH excluding ortho intramolecular Hbond substituents is 1. The molecule has 0 spiro atoms. The van der Waals surface area contributed by atoms with Gasteiger partial charge in [0.2, 0.25) is 11.8 Å². The number of hydrogen-bond donors (Lipinski definition) is 2. The van der Waals surface area contributed by atoms with Crippen LogP contribution in [-0.2, 0) is 29.1 Å². The maximum Gasteiger partial charge on any atom is 0.334 e. The minimum absolute atomic E-state index is 0.0729. The Bertz CT molecular complexity index is 1660. The fraction of sp³-hybridized carbons (Fsp3) is 0.235. The Balaban J connectivity index is 1.34. The van der Waals surface area contributed by atoms with E-state index >= 15 is 0 Å². The van der Waals surface area contributed by atoms with Crippen molar-refractivity contribution in [2.75, 3.05) is 19.6 Å². The number of hydrazine groups is 1. The molecular formula is C34H34N6O4S. The second-order valence-electron chi connectivity index (χ2n) is 11.0. The summed E-state index contributed by atoms with van der Waals surface area (Å²) < 4.78 is 0. The van der Waals surface area contributed by atoms with E-state index in [2.05, 4.69) is 16.9 Å². The molecule has 4 aromatic rings. The summed E-state index contributed by atoms with van der Waals surface area (Å²) in [5.41, 5.74) is 3.61. The number of nitrogens with zero attached hydrogens (tertiary/aromatic N) is 5. The summed E-state index contributed by atoms with van der Waals surface area (Å²) in [7, 11) is 0. The number of aromatic nitrogens is 1. The van der Waals surface area contributed by atoms with Gasteiger partial charge < -0.3 is 20.2 Å². The molecule has 0 bridgehead atoms. The zero-order valence-corrected chi connectivity index (χ0v) is 25.5. The van der Waals surface area contributed by atoms with Gasteiger partial charge in [0.25, 0.3) is 0 Å². The van der Waals surface area contributed by atoms with Crippen LogP contribution in [0.15, 0.2) is 103 Å². The van der Waals surface area contributed by atoms with E-state index in [1.165, 1.54) is 0 Å². The largest absolute Gasteiger partial charge is 0.508 e. The zero-order valence-electron chi connectivity index (χ0n) is 24.7. The number of rotatable bonds is 9. The average molecular weight is 623 g/mol. The molecule has 0 saturated carbocycles. The predicted molar refractivity (Wildman–Crippen MR) is 171 cm³/mol. The number of thiazole rings is 1. The molecule has 3 heterocycles. The summed E-state index contributed by atoms with van der Waals surface area (Å²) in [5, 5.41) is 18.9. The lowest BCUT2D eigenvalue weighted by Gasteiger charge is -2.55. The number of hydrogen-bond acceptors (Lipinski definition) is 7. The fourth-order valence-electron chi connectivity index (χ4n) is 5.94. The third kappa shape index (κ3) is 6.59. The van der Waals surface area contributed by atoms with Gasteiger partial charge in [-0.2, -0.15) is 0 Å². The van der Waals surface area contributed by atoms with Crippen molar-refractivity contribution in [3.05, 3.63) is 120 Å². The molecule has 230 valence electrons. The van der Waals surface area contributed by atoms with E-state index in [0.29, 0.717) is 13.1 Å². The van der Waals surface area contributed by atoms with E-state index in [0.717, 1.165) is 27.3 Å². The number of carbonyl (C=O) groups is 3. The number of aromatic hydroxyl groups is 1. The third-order valence-corrected chi connectivity index (χ3v) is 8.83. The van der Waals surface area contributed by atoms with Crippen molar-refractivity contribution in [3.8, 4) is 16.3 Å². The number of piperazine rings is 1. The molecular weight excluding hydrogens is 588 g/mol. The first-order valence-electron chi connectivity index (χ1n) is 14.7. The molecule has 45 heavy (non-hydrogen) atoms. The standard InChI is InChI=1S/C34H34N6O4S/c1-2-16-38-23-31(42)39-29(19-24-11-13-28(41)14-12-24)33(43)37(21-26-9-6-10-27(18-26)32-35-15-17-45-32)22-30(39)40(38)34(44)36-20-25-7-4-3-5-8-25/h2-15,17-18,29-30,41H,1,16,19-23H2,(H,36,44)/t29-,30-/m0/s1. The van der Waals surface area contributed by atoms with E-state index in [9.17, 15) is 19.5 Å². The van der Waals surface area contributed by atoms with Crippen LogP contribution in [0.3, 0.4) is 0 Å². The van der Waals surface area contributed by atoms with E-state index in [1.54, 1.807) is 67.7 Å². The molecule has 0 radical (unpaired) electrons. The summed E-state index contributed by atoms with van der Waals surface area (Å²) in [6.45, 7) is 4.79. The van der Waals surface area contributed by atoms with Crippen molar-refractivity contribution in [2.24, 2.45) is 0 Å². The highest BCUT2D eigenvalue weighted by atomic mass is 32.1. The first-order chi connectivity index (χ1) is 21.9. The van der Waals surface area contributed by atoms with Crippen LogP contribution in [0.25, 0.3) is 10.6 Å². The minimum atomic E-state index is -0.849. The molecule has 2 atom stereocenters.